The van der Waals surface area contributed by atoms with Gasteiger partial charge in [0.05, 0.1) is 18.1 Å². The summed E-state index contributed by atoms with van der Waals surface area (Å²) in [6, 6.07) is 4.21. The molecule has 1 aromatic carbocycles. The van der Waals surface area contributed by atoms with Gasteiger partial charge in [0.1, 0.15) is 12.8 Å². The van der Waals surface area contributed by atoms with Gasteiger partial charge in [0.25, 0.3) is 0 Å². The van der Waals surface area contributed by atoms with Gasteiger partial charge < -0.3 is 19.9 Å². The van der Waals surface area contributed by atoms with Gasteiger partial charge in [-0.05, 0) is 50.9 Å². The Morgan fingerprint density at radius 3 is 3.00 bits per heavy atom. The molecule has 0 radical (unpaired) electrons. The van der Waals surface area contributed by atoms with Crippen molar-refractivity contribution in [2.45, 2.75) is 54.9 Å². The van der Waals surface area contributed by atoms with E-state index in [0.29, 0.717) is 13.0 Å². The normalized spacial score (nSPS) is 40.1. The quantitative estimate of drug-likeness (QED) is 0.848. The maximum atomic E-state index is 13.2. The number of hydrogen-bond acceptors (Lipinski definition) is 5. The van der Waals surface area contributed by atoms with Gasteiger partial charge in [0.15, 0.2) is 11.5 Å². The summed E-state index contributed by atoms with van der Waals surface area (Å²) in [5, 5.41) is 15.5. The average molecular weight is 362 g/mol. The molecular weight excluding hydrogens is 335 g/mol. The van der Waals surface area contributed by atoms with E-state index in [1.165, 1.54) is 5.56 Å². The van der Waals surface area contributed by atoms with Crippen molar-refractivity contribution in [1.82, 2.24) is 10.2 Å². The minimum atomic E-state index is -0.886. The molecule has 2 heterocycles. The Bertz CT molecular complexity index is 744. The number of alkyl halides is 1. The van der Waals surface area contributed by atoms with Crippen molar-refractivity contribution in [1.29, 1.82) is 0 Å². The Hall–Kier alpha value is -1.37. The van der Waals surface area contributed by atoms with Crippen molar-refractivity contribution in [3.8, 4) is 11.5 Å². The van der Waals surface area contributed by atoms with E-state index in [-0.39, 0.29) is 24.9 Å². The van der Waals surface area contributed by atoms with Gasteiger partial charge in [0.2, 0.25) is 0 Å². The Morgan fingerprint density at radius 1 is 1.42 bits per heavy atom. The van der Waals surface area contributed by atoms with Crippen LogP contribution >= 0.6 is 0 Å². The van der Waals surface area contributed by atoms with E-state index in [1.54, 1.807) is 7.11 Å². The first-order valence-electron chi connectivity index (χ1n) is 9.67. The molecular formula is C20H27FN2O3. The molecule has 0 aromatic heterocycles. The van der Waals surface area contributed by atoms with E-state index in [0.717, 1.165) is 42.9 Å². The van der Waals surface area contributed by atoms with E-state index in [1.807, 2.05) is 13.1 Å². The molecule has 0 amide bonds. The fourth-order valence-corrected chi connectivity index (χ4v) is 6.45. The summed E-state index contributed by atoms with van der Waals surface area (Å²) in [4.78, 5) is 2.16. The Balaban J connectivity index is 1.75. The van der Waals surface area contributed by atoms with Crippen molar-refractivity contribution < 1.29 is 19.0 Å². The summed E-state index contributed by atoms with van der Waals surface area (Å²) < 4.78 is 25.3. The van der Waals surface area contributed by atoms with Gasteiger partial charge in [-0.25, -0.2) is 4.39 Å². The van der Waals surface area contributed by atoms with Crippen LogP contribution in [0.5, 0.6) is 11.5 Å². The monoisotopic (exact) mass is 362 g/mol. The van der Waals surface area contributed by atoms with Crippen LogP contribution in [0.25, 0.3) is 0 Å². The topological polar surface area (TPSA) is 54.0 Å². The molecule has 2 fully saturated rings. The molecule has 26 heavy (non-hydrogen) atoms. The van der Waals surface area contributed by atoms with Crippen LogP contribution in [0.15, 0.2) is 12.1 Å². The third-order valence-electron chi connectivity index (χ3n) is 7.52. The average Bonchev–Trinajstić information content (AvgIpc) is 2.99. The SMILES string of the molecule is CN[C@@H]1CC[C@@]2(O)[C@H]3Cc4ccc(OC)c5c4[C@@]2(CCN3CCF)[C@H]1O5. The van der Waals surface area contributed by atoms with Crippen LogP contribution in [0.4, 0.5) is 4.39 Å². The minimum Gasteiger partial charge on any atom is -0.493 e. The first-order valence-corrected chi connectivity index (χ1v) is 9.67. The molecule has 6 heteroatoms. The zero-order valence-electron chi connectivity index (χ0n) is 15.4. The highest BCUT2D eigenvalue weighted by Crippen LogP contribution is 2.65. The summed E-state index contributed by atoms with van der Waals surface area (Å²) in [6.45, 7) is 0.811. The molecule has 0 unspecified atom stereocenters. The summed E-state index contributed by atoms with van der Waals surface area (Å²) in [5.41, 5.74) is 1.05. The van der Waals surface area contributed by atoms with Crippen LogP contribution < -0.4 is 14.8 Å². The lowest BCUT2D eigenvalue weighted by Gasteiger charge is -2.64. The highest BCUT2D eigenvalue weighted by Gasteiger charge is 2.72. The summed E-state index contributed by atoms with van der Waals surface area (Å²) >= 11 is 0. The van der Waals surface area contributed by atoms with Gasteiger partial charge in [-0.15, -0.1) is 0 Å². The fourth-order valence-electron chi connectivity index (χ4n) is 6.45. The lowest BCUT2D eigenvalue weighted by Crippen LogP contribution is -2.78. The first kappa shape index (κ1) is 16.8. The third-order valence-corrected chi connectivity index (χ3v) is 7.52. The van der Waals surface area contributed by atoms with Gasteiger partial charge in [-0.1, -0.05) is 6.07 Å². The molecule has 5 rings (SSSR count). The van der Waals surface area contributed by atoms with Crippen LogP contribution in [-0.2, 0) is 11.8 Å². The third kappa shape index (κ3) is 1.76. The van der Waals surface area contributed by atoms with Gasteiger partial charge in [-0.2, -0.15) is 0 Å². The molecule has 142 valence electrons. The molecule has 1 spiro atoms. The molecule has 1 saturated heterocycles. The molecule has 5 atom stereocenters. The summed E-state index contributed by atoms with van der Waals surface area (Å²) in [6.07, 6.45) is 2.97. The number of rotatable bonds is 4. The number of nitrogens with one attached hydrogen (secondary N) is 1. The minimum absolute atomic E-state index is 0.0530. The molecule has 1 aromatic rings. The maximum Gasteiger partial charge on any atom is 0.165 e. The second-order valence-electron chi connectivity index (χ2n) is 8.19. The fraction of sp³-hybridized carbons (Fsp3) is 0.700. The second kappa shape index (κ2) is 5.57. The Morgan fingerprint density at radius 2 is 2.27 bits per heavy atom. The zero-order valence-corrected chi connectivity index (χ0v) is 15.4. The highest BCUT2D eigenvalue weighted by molar-refractivity contribution is 5.63. The lowest BCUT2D eigenvalue weighted by atomic mass is 9.48. The number of likely N-dealkylation sites (N-methyl/N-ethyl adjacent to an activating group) is 1. The smallest absolute Gasteiger partial charge is 0.165 e. The molecule has 4 aliphatic rings. The van der Waals surface area contributed by atoms with E-state index >= 15 is 0 Å². The standard InChI is InChI=1S/C20H27FN2O3/c1-22-13-5-6-20(24)15-11-12-3-4-14(25-2)17-16(12)19(20,18(13)26-17)7-9-23(15)10-8-21/h3-4,13,15,18,22,24H,5-11H2,1-2H3/t13-,15-,18+,19+,20-/m1/s1. The number of piperidine rings is 1. The highest BCUT2D eigenvalue weighted by atomic mass is 19.1. The number of methoxy groups -OCH3 is 1. The molecule has 2 aliphatic carbocycles. The van der Waals surface area contributed by atoms with Crippen LogP contribution in [0, 0.1) is 0 Å². The summed E-state index contributed by atoms with van der Waals surface area (Å²) in [7, 11) is 3.63. The summed E-state index contributed by atoms with van der Waals surface area (Å²) in [5.74, 6) is 1.56. The van der Waals surface area contributed by atoms with Crippen molar-refractivity contribution >= 4 is 0 Å². The van der Waals surface area contributed by atoms with Crippen LogP contribution in [0.2, 0.25) is 0 Å². The lowest BCUT2D eigenvalue weighted by molar-refractivity contribution is -0.191. The van der Waals surface area contributed by atoms with E-state index < -0.39 is 11.0 Å². The van der Waals surface area contributed by atoms with Crippen LogP contribution in [0.3, 0.4) is 0 Å². The van der Waals surface area contributed by atoms with Crippen molar-refractivity contribution in [3.05, 3.63) is 23.3 Å². The Kier molecular flexibility index (Phi) is 3.59. The molecule has 2 aliphatic heterocycles. The van der Waals surface area contributed by atoms with E-state index in [2.05, 4.69) is 16.3 Å². The number of benzene rings is 1. The predicted octanol–water partition coefficient (Wildman–Crippen LogP) is 1.41. The maximum absolute atomic E-state index is 13.2. The van der Waals surface area contributed by atoms with Crippen molar-refractivity contribution in [3.63, 3.8) is 0 Å². The number of aliphatic hydroxyl groups is 1. The number of nitrogens with zero attached hydrogens (tertiary/aromatic N) is 1. The van der Waals surface area contributed by atoms with Crippen LogP contribution in [-0.4, -0.2) is 67.7 Å². The first-order chi connectivity index (χ1) is 12.6. The van der Waals surface area contributed by atoms with Crippen LogP contribution in [0.1, 0.15) is 30.4 Å². The van der Waals surface area contributed by atoms with Crippen molar-refractivity contribution in [2.24, 2.45) is 0 Å². The van der Waals surface area contributed by atoms with E-state index in [9.17, 15) is 9.50 Å². The number of halogens is 1. The van der Waals surface area contributed by atoms with Crippen molar-refractivity contribution in [2.75, 3.05) is 33.9 Å². The molecule has 5 nitrogen and oxygen atoms in total. The Labute approximate surface area is 153 Å². The van der Waals surface area contributed by atoms with E-state index in [4.69, 9.17) is 9.47 Å². The molecule has 1 saturated carbocycles. The number of likely N-dealkylation sites (tertiary alicyclic amines) is 1. The van der Waals surface area contributed by atoms with Gasteiger partial charge >= 0.3 is 0 Å². The predicted molar refractivity (Wildman–Crippen MR) is 95.8 cm³/mol. The van der Waals surface area contributed by atoms with Gasteiger partial charge in [-0.3, -0.25) is 4.90 Å². The molecule has 2 N–H and O–H groups in total. The number of hydrogen-bond donors (Lipinski definition) is 2. The molecule has 2 bridgehead atoms. The largest absolute Gasteiger partial charge is 0.493 e. The number of ether oxygens (including phenoxy) is 2. The van der Waals surface area contributed by atoms with Gasteiger partial charge in [0, 0.05) is 24.2 Å². The zero-order chi connectivity index (χ0) is 18.1. The second-order valence-corrected chi connectivity index (χ2v) is 8.19.